The molecule has 0 radical (unpaired) electrons. The molecule has 82 valence electrons. The van der Waals surface area contributed by atoms with E-state index in [1.54, 1.807) is 6.07 Å². The van der Waals surface area contributed by atoms with E-state index < -0.39 is 10.7 Å². The number of nitrogens with one attached hydrogen (secondary N) is 1. The number of benzene rings is 1. The van der Waals surface area contributed by atoms with Crippen LogP contribution in [0.5, 0.6) is 0 Å². The molecule has 1 aliphatic heterocycles. The minimum atomic E-state index is -2.45. The number of rotatable bonds is 2. The Morgan fingerprint density at radius 3 is 2.60 bits per heavy atom. The quantitative estimate of drug-likeness (QED) is 0.742. The highest BCUT2D eigenvalue weighted by Gasteiger charge is 2.15. The monoisotopic (exact) mass is 225 g/mol. The van der Waals surface area contributed by atoms with Gasteiger partial charge in [0.1, 0.15) is 0 Å². The third kappa shape index (κ3) is 2.58. The molecule has 0 spiro atoms. The van der Waals surface area contributed by atoms with E-state index >= 15 is 0 Å². The SMILES string of the molecule is O=[SH](=O)c1cccc(C2CCNCC2)c1. The molecule has 2 rings (SSSR count). The molecule has 1 fully saturated rings. The molecule has 0 bridgehead atoms. The lowest BCUT2D eigenvalue weighted by Gasteiger charge is -2.22. The molecular formula is C11H15NO2S. The van der Waals surface area contributed by atoms with Gasteiger partial charge in [-0.25, -0.2) is 8.42 Å². The molecule has 0 unspecified atom stereocenters. The minimum Gasteiger partial charge on any atom is -0.317 e. The topological polar surface area (TPSA) is 46.2 Å². The largest absolute Gasteiger partial charge is 0.317 e. The van der Waals surface area contributed by atoms with E-state index in [2.05, 4.69) is 5.32 Å². The van der Waals surface area contributed by atoms with Gasteiger partial charge in [-0.3, -0.25) is 0 Å². The molecule has 1 aromatic rings. The maximum Gasteiger partial charge on any atom is 0.168 e. The highest BCUT2D eigenvalue weighted by Crippen LogP contribution is 2.25. The highest BCUT2D eigenvalue weighted by atomic mass is 32.2. The lowest BCUT2D eigenvalue weighted by Crippen LogP contribution is -2.26. The maximum absolute atomic E-state index is 10.9. The lowest BCUT2D eigenvalue weighted by molar-refractivity contribution is 0.460. The van der Waals surface area contributed by atoms with Crippen molar-refractivity contribution in [3.63, 3.8) is 0 Å². The van der Waals surface area contributed by atoms with Gasteiger partial charge in [-0.05, 0) is 49.5 Å². The van der Waals surface area contributed by atoms with Crippen LogP contribution in [0.3, 0.4) is 0 Å². The van der Waals surface area contributed by atoms with Crippen LogP contribution >= 0.6 is 0 Å². The van der Waals surface area contributed by atoms with Crippen molar-refractivity contribution < 1.29 is 8.42 Å². The fourth-order valence-electron chi connectivity index (χ4n) is 2.05. The van der Waals surface area contributed by atoms with E-state index in [0.717, 1.165) is 31.5 Å². The molecule has 0 saturated carbocycles. The van der Waals surface area contributed by atoms with Gasteiger partial charge in [-0.15, -0.1) is 0 Å². The Kier molecular flexibility index (Phi) is 3.38. The lowest BCUT2D eigenvalue weighted by atomic mass is 9.90. The smallest absolute Gasteiger partial charge is 0.168 e. The van der Waals surface area contributed by atoms with Gasteiger partial charge >= 0.3 is 0 Å². The summed E-state index contributed by atoms with van der Waals surface area (Å²) in [5, 5.41) is 3.30. The summed E-state index contributed by atoms with van der Waals surface area (Å²) >= 11 is 0. The van der Waals surface area contributed by atoms with Crippen molar-refractivity contribution in [3.8, 4) is 0 Å². The van der Waals surface area contributed by atoms with Gasteiger partial charge in [-0.1, -0.05) is 12.1 Å². The van der Waals surface area contributed by atoms with Crippen molar-refractivity contribution >= 4 is 10.7 Å². The molecule has 4 heteroatoms. The van der Waals surface area contributed by atoms with E-state index in [0.29, 0.717) is 10.8 Å². The summed E-state index contributed by atoms with van der Waals surface area (Å²) in [6.07, 6.45) is 2.19. The molecule has 1 saturated heterocycles. The average molecular weight is 225 g/mol. The third-order valence-corrected chi connectivity index (χ3v) is 3.59. The average Bonchev–Trinajstić information content (AvgIpc) is 2.30. The molecule has 0 amide bonds. The zero-order valence-electron chi connectivity index (χ0n) is 8.48. The van der Waals surface area contributed by atoms with Crippen molar-refractivity contribution in [1.29, 1.82) is 0 Å². The summed E-state index contributed by atoms with van der Waals surface area (Å²) in [5.74, 6) is 0.515. The second-order valence-electron chi connectivity index (χ2n) is 3.88. The van der Waals surface area contributed by atoms with Gasteiger partial charge in [0.15, 0.2) is 10.7 Å². The van der Waals surface area contributed by atoms with E-state index in [-0.39, 0.29) is 0 Å². The summed E-state index contributed by atoms with van der Waals surface area (Å²) in [6, 6.07) is 7.31. The first kappa shape index (κ1) is 10.6. The number of hydrogen-bond acceptors (Lipinski definition) is 3. The van der Waals surface area contributed by atoms with Gasteiger partial charge in [0.25, 0.3) is 0 Å². The van der Waals surface area contributed by atoms with Crippen LogP contribution in [0.2, 0.25) is 0 Å². The first-order valence-electron chi connectivity index (χ1n) is 5.22. The molecule has 1 heterocycles. The Hall–Kier alpha value is -0.870. The van der Waals surface area contributed by atoms with Crippen LogP contribution in [0, 0.1) is 0 Å². The van der Waals surface area contributed by atoms with E-state index in [9.17, 15) is 8.42 Å². The third-order valence-electron chi connectivity index (χ3n) is 2.89. The van der Waals surface area contributed by atoms with Gasteiger partial charge in [0, 0.05) is 0 Å². The molecule has 0 aromatic heterocycles. The molecule has 1 N–H and O–H groups in total. The van der Waals surface area contributed by atoms with Crippen LogP contribution in [0.25, 0.3) is 0 Å². The molecule has 15 heavy (non-hydrogen) atoms. The fraction of sp³-hybridized carbons (Fsp3) is 0.455. The molecule has 1 aromatic carbocycles. The fourth-order valence-corrected chi connectivity index (χ4v) is 2.51. The summed E-state index contributed by atoms with van der Waals surface area (Å²) in [4.78, 5) is 0.432. The van der Waals surface area contributed by atoms with Crippen LogP contribution in [-0.2, 0) is 10.7 Å². The number of piperidine rings is 1. The first-order valence-corrected chi connectivity index (χ1v) is 6.40. The van der Waals surface area contributed by atoms with Crippen molar-refractivity contribution in [1.82, 2.24) is 5.32 Å². The summed E-state index contributed by atoms with van der Waals surface area (Å²) < 4.78 is 21.7. The Morgan fingerprint density at radius 1 is 1.20 bits per heavy atom. The minimum absolute atomic E-state index is 0.432. The molecule has 1 aliphatic rings. The zero-order valence-corrected chi connectivity index (χ0v) is 9.37. The van der Waals surface area contributed by atoms with E-state index in [1.807, 2.05) is 18.2 Å². The molecule has 3 nitrogen and oxygen atoms in total. The predicted molar refractivity (Wildman–Crippen MR) is 59.9 cm³/mol. The number of thiol groups is 1. The second kappa shape index (κ2) is 4.77. The van der Waals surface area contributed by atoms with Crippen LogP contribution in [0.15, 0.2) is 29.2 Å². The van der Waals surface area contributed by atoms with Crippen LogP contribution in [0.4, 0.5) is 0 Å². The maximum atomic E-state index is 10.9. The van der Waals surface area contributed by atoms with Gasteiger partial charge in [0.2, 0.25) is 0 Å². The van der Waals surface area contributed by atoms with Crippen molar-refractivity contribution in [2.45, 2.75) is 23.7 Å². The summed E-state index contributed by atoms with van der Waals surface area (Å²) in [5.41, 5.74) is 1.16. The van der Waals surface area contributed by atoms with Crippen LogP contribution < -0.4 is 5.32 Å². The van der Waals surface area contributed by atoms with Gasteiger partial charge in [-0.2, -0.15) is 0 Å². The Morgan fingerprint density at radius 2 is 1.93 bits per heavy atom. The Bertz CT molecular complexity index is 401. The Balaban J connectivity index is 2.23. The molecule has 0 aliphatic carbocycles. The van der Waals surface area contributed by atoms with Gasteiger partial charge < -0.3 is 5.32 Å². The van der Waals surface area contributed by atoms with Crippen LogP contribution in [0.1, 0.15) is 24.3 Å². The molecule has 0 atom stereocenters. The van der Waals surface area contributed by atoms with Crippen molar-refractivity contribution in [2.75, 3.05) is 13.1 Å². The standard InChI is InChI=1S/C11H15NO2S/c13-15(14)11-3-1-2-10(8-11)9-4-6-12-7-5-9/h1-3,8-9,12,15H,4-7H2. The summed E-state index contributed by atoms with van der Waals surface area (Å²) in [7, 11) is -2.45. The highest BCUT2D eigenvalue weighted by molar-refractivity contribution is 7.72. The van der Waals surface area contributed by atoms with Gasteiger partial charge in [0.05, 0.1) is 4.90 Å². The molecular weight excluding hydrogens is 210 g/mol. The summed E-state index contributed by atoms with van der Waals surface area (Å²) in [6.45, 7) is 2.05. The van der Waals surface area contributed by atoms with E-state index in [1.165, 1.54) is 0 Å². The zero-order chi connectivity index (χ0) is 10.7. The first-order chi connectivity index (χ1) is 7.27. The normalized spacial score (nSPS) is 18.2. The van der Waals surface area contributed by atoms with E-state index in [4.69, 9.17) is 0 Å². The number of hydrogen-bond donors (Lipinski definition) is 2. The van der Waals surface area contributed by atoms with Crippen molar-refractivity contribution in [3.05, 3.63) is 29.8 Å². The predicted octanol–water partition coefficient (Wildman–Crippen LogP) is 1.12. The van der Waals surface area contributed by atoms with Crippen molar-refractivity contribution in [2.24, 2.45) is 0 Å². The Labute approximate surface area is 91.5 Å². The van der Waals surface area contributed by atoms with Crippen LogP contribution in [-0.4, -0.2) is 21.5 Å². The second-order valence-corrected chi connectivity index (χ2v) is 4.91.